The van der Waals surface area contributed by atoms with Crippen molar-refractivity contribution in [1.82, 2.24) is 9.47 Å². The SMILES string of the molecule is Cc1cccc(C)c1NC(=O)CN(C)C(=O)Nc1ccc2c(ccn2CC(C)C)c1. The lowest BCUT2D eigenvalue weighted by molar-refractivity contribution is -0.116. The number of para-hydroxylation sites is 1. The van der Waals surface area contributed by atoms with Crippen molar-refractivity contribution in [2.24, 2.45) is 5.92 Å². The van der Waals surface area contributed by atoms with E-state index in [4.69, 9.17) is 0 Å². The Balaban J connectivity index is 1.61. The van der Waals surface area contributed by atoms with Crippen LogP contribution in [0.1, 0.15) is 25.0 Å². The summed E-state index contributed by atoms with van der Waals surface area (Å²) in [6, 6.07) is 13.4. The lowest BCUT2D eigenvalue weighted by Gasteiger charge is -2.19. The third-order valence-corrected chi connectivity index (χ3v) is 5.06. The highest BCUT2D eigenvalue weighted by atomic mass is 16.2. The molecule has 158 valence electrons. The number of nitrogens with one attached hydrogen (secondary N) is 2. The molecule has 0 bridgehead atoms. The predicted octanol–water partition coefficient (Wildman–Crippen LogP) is 5.02. The van der Waals surface area contributed by atoms with Gasteiger partial charge in [0.25, 0.3) is 0 Å². The van der Waals surface area contributed by atoms with Crippen molar-refractivity contribution in [3.05, 3.63) is 59.8 Å². The molecule has 0 unspecified atom stereocenters. The van der Waals surface area contributed by atoms with Crippen molar-refractivity contribution in [3.8, 4) is 0 Å². The number of benzene rings is 2. The number of urea groups is 1. The molecule has 2 N–H and O–H groups in total. The van der Waals surface area contributed by atoms with E-state index in [1.807, 2.05) is 50.2 Å². The van der Waals surface area contributed by atoms with Crippen molar-refractivity contribution in [2.75, 3.05) is 24.2 Å². The summed E-state index contributed by atoms with van der Waals surface area (Å²) >= 11 is 0. The van der Waals surface area contributed by atoms with Gasteiger partial charge in [-0.3, -0.25) is 4.79 Å². The number of carbonyl (C=O) groups excluding carboxylic acids is 2. The second kappa shape index (κ2) is 9.03. The van der Waals surface area contributed by atoms with Gasteiger partial charge < -0.3 is 20.1 Å². The summed E-state index contributed by atoms with van der Waals surface area (Å²) in [4.78, 5) is 26.3. The average molecular weight is 407 g/mol. The molecular formula is C24H30N4O2. The Labute approximate surface area is 177 Å². The fourth-order valence-corrected chi connectivity index (χ4v) is 3.53. The average Bonchev–Trinajstić information content (AvgIpc) is 3.06. The molecular weight excluding hydrogens is 376 g/mol. The Morgan fingerprint density at radius 1 is 1.03 bits per heavy atom. The second-order valence-corrected chi connectivity index (χ2v) is 8.24. The van der Waals surface area contributed by atoms with Crippen LogP contribution in [-0.4, -0.2) is 35.0 Å². The summed E-state index contributed by atoms with van der Waals surface area (Å²) in [6.07, 6.45) is 2.07. The molecule has 6 nitrogen and oxygen atoms in total. The molecule has 0 saturated carbocycles. The molecule has 0 atom stereocenters. The molecule has 0 saturated heterocycles. The molecule has 0 aliphatic rings. The summed E-state index contributed by atoms with van der Waals surface area (Å²) in [7, 11) is 1.61. The fraction of sp³-hybridized carbons (Fsp3) is 0.333. The van der Waals surface area contributed by atoms with E-state index in [1.54, 1.807) is 7.05 Å². The Morgan fingerprint density at radius 3 is 2.40 bits per heavy atom. The number of rotatable bonds is 6. The number of amides is 3. The van der Waals surface area contributed by atoms with E-state index in [2.05, 4.69) is 41.3 Å². The van der Waals surface area contributed by atoms with Gasteiger partial charge in [-0.1, -0.05) is 32.0 Å². The zero-order valence-electron chi connectivity index (χ0n) is 18.3. The number of aromatic nitrogens is 1. The zero-order valence-corrected chi connectivity index (χ0v) is 18.3. The van der Waals surface area contributed by atoms with Gasteiger partial charge in [0.05, 0.1) is 0 Å². The first kappa shape index (κ1) is 21.4. The Hall–Kier alpha value is -3.28. The molecule has 2 aromatic carbocycles. The van der Waals surface area contributed by atoms with Crippen LogP contribution < -0.4 is 10.6 Å². The van der Waals surface area contributed by atoms with Crippen molar-refractivity contribution < 1.29 is 9.59 Å². The van der Waals surface area contributed by atoms with Gasteiger partial charge in [-0.2, -0.15) is 0 Å². The molecule has 0 fully saturated rings. The van der Waals surface area contributed by atoms with Crippen LogP contribution in [0.4, 0.5) is 16.2 Å². The van der Waals surface area contributed by atoms with E-state index >= 15 is 0 Å². The molecule has 3 rings (SSSR count). The minimum Gasteiger partial charge on any atom is -0.347 e. The Kier molecular flexibility index (Phi) is 6.45. The molecule has 6 heteroatoms. The van der Waals surface area contributed by atoms with Crippen LogP contribution in [0.2, 0.25) is 0 Å². The van der Waals surface area contributed by atoms with E-state index in [1.165, 1.54) is 4.90 Å². The maximum absolute atomic E-state index is 12.6. The minimum atomic E-state index is -0.326. The summed E-state index contributed by atoms with van der Waals surface area (Å²) in [6.45, 7) is 9.19. The molecule has 3 aromatic rings. The van der Waals surface area contributed by atoms with Gasteiger partial charge in [-0.05, 0) is 55.2 Å². The van der Waals surface area contributed by atoms with Crippen LogP contribution in [0, 0.1) is 19.8 Å². The van der Waals surface area contributed by atoms with E-state index in [0.29, 0.717) is 11.6 Å². The van der Waals surface area contributed by atoms with Crippen LogP contribution in [0.25, 0.3) is 10.9 Å². The number of hydrogen-bond acceptors (Lipinski definition) is 2. The number of aryl methyl sites for hydroxylation is 2. The Morgan fingerprint density at radius 2 is 1.73 bits per heavy atom. The third-order valence-electron chi connectivity index (χ3n) is 5.06. The molecule has 3 amide bonds. The van der Waals surface area contributed by atoms with Crippen LogP contribution in [0.15, 0.2) is 48.7 Å². The van der Waals surface area contributed by atoms with Crippen LogP contribution in [-0.2, 0) is 11.3 Å². The smallest absolute Gasteiger partial charge is 0.322 e. The quantitative estimate of drug-likeness (QED) is 0.604. The standard InChI is InChI=1S/C24H30N4O2/c1-16(2)14-28-12-11-19-13-20(9-10-21(19)28)25-24(30)27(5)15-22(29)26-23-17(3)7-6-8-18(23)4/h6-13,16H,14-15H2,1-5H3,(H,25,30)(H,26,29). The molecule has 1 heterocycles. The van der Waals surface area contributed by atoms with Gasteiger partial charge in [0.15, 0.2) is 0 Å². The molecule has 0 radical (unpaired) electrons. The van der Waals surface area contributed by atoms with E-state index in [9.17, 15) is 9.59 Å². The first-order valence-corrected chi connectivity index (χ1v) is 10.2. The summed E-state index contributed by atoms with van der Waals surface area (Å²) in [5, 5.41) is 6.85. The third kappa shape index (κ3) is 5.00. The first-order valence-electron chi connectivity index (χ1n) is 10.2. The van der Waals surface area contributed by atoms with E-state index in [-0.39, 0.29) is 18.5 Å². The van der Waals surface area contributed by atoms with Gasteiger partial charge in [0.1, 0.15) is 6.54 Å². The van der Waals surface area contributed by atoms with Gasteiger partial charge in [-0.25, -0.2) is 4.79 Å². The van der Waals surface area contributed by atoms with Gasteiger partial charge in [0.2, 0.25) is 5.91 Å². The van der Waals surface area contributed by atoms with Gasteiger partial charge >= 0.3 is 6.03 Å². The summed E-state index contributed by atoms with van der Waals surface area (Å²) < 4.78 is 2.22. The number of hydrogen-bond donors (Lipinski definition) is 2. The van der Waals surface area contributed by atoms with Gasteiger partial charge in [0, 0.05) is 42.1 Å². The van der Waals surface area contributed by atoms with Gasteiger partial charge in [-0.15, -0.1) is 0 Å². The van der Waals surface area contributed by atoms with Crippen molar-refractivity contribution in [3.63, 3.8) is 0 Å². The highest BCUT2D eigenvalue weighted by Crippen LogP contribution is 2.22. The highest BCUT2D eigenvalue weighted by Gasteiger charge is 2.15. The normalized spacial score (nSPS) is 11.0. The van der Waals surface area contributed by atoms with E-state index < -0.39 is 0 Å². The molecule has 30 heavy (non-hydrogen) atoms. The van der Waals surface area contributed by atoms with Crippen molar-refractivity contribution in [1.29, 1.82) is 0 Å². The number of fused-ring (bicyclic) bond motifs is 1. The fourth-order valence-electron chi connectivity index (χ4n) is 3.53. The minimum absolute atomic E-state index is 0.0351. The molecule has 1 aromatic heterocycles. The lowest BCUT2D eigenvalue weighted by atomic mass is 10.1. The van der Waals surface area contributed by atoms with Crippen LogP contribution in [0.3, 0.4) is 0 Å². The zero-order chi connectivity index (χ0) is 21.8. The number of nitrogens with zero attached hydrogens (tertiary/aromatic N) is 2. The molecule has 0 aliphatic heterocycles. The lowest BCUT2D eigenvalue weighted by Crippen LogP contribution is -2.37. The summed E-state index contributed by atoms with van der Waals surface area (Å²) in [5.74, 6) is 0.328. The first-order chi connectivity index (χ1) is 14.2. The maximum Gasteiger partial charge on any atom is 0.322 e. The molecule has 0 spiro atoms. The molecule has 0 aliphatic carbocycles. The monoisotopic (exact) mass is 406 g/mol. The van der Waals surface area contributed by atoms with Crippen molar-refractivity contribution in [2.45, 2.75) is 34.2 Å². The van der Waals surface area contributed by atoms with Crippen LogP contribution in [0.5, 0.6) is 0 Å². The second-order valence-electron chi connectivity index (χ2n) is 8.24. The topological polar surface area (TPSA) is 66.4 Å². The number of likely N-dealkylation sites (N-methyl/N-ethyl adjacent to an activating group) is 1. The highest BCUT2D eigenvalue weighted by molar-refractivity contribution is 5.98. The number of anilines is 2. The van der Waals surface area contributed by atoms with Crippen molar-refractivity contribution >= 4 is 34.2 Å². The Bertz CT molecular complexity index is 1050. The maximum atomic E-state index is 12.6. The largest absolute Gasteiger partial charge is 0.347 e. The summed E-state index contributed by atoms with van der Waals surface area (Å²) in [5.41, 5.74) is 4.63. The van der Waals surface area contributed by atoms with Crippen LogP contribution >= 0.6 is 0 Å². The van der Waals surface area contributed by atoms with E-state index in [0.717, 1.165) is 34.3 Å². The number of carbonyl (C=O) groups is 2. The predicted molar refractivity (Wildman–Crippen MR) is 123 cm³/mol.